The summed E-state index contributed by atoms with van der Waals surface area (Å²) in [4.78, 5) is 0. The highest BCUT2D eigenvalue weighted by atomic mass is 32.2. The highest BCUT2D eigenvalue weighted by Gasteiger charge is 2.24. The summed E-state index contributed by atoms with van der Waals surface area (Å²) in [6, 6.07) is 0. The Balaban J connectivity index is 2.04. The molecule has 0 bridgehead atoms. The summed E-state index contributed by atoms with van der Waals surface area (Å²) >= 11 is 2.05. The van der Waals surface area contributed by atoms with Crippen LogP contribution < -0.4 is 5.32 Å². The molecule has 0 aromatic rings. The van der Waals surface area contributed by atoms with Gasteiger partial charge in [0, 0.05) is 17.4 Å². The van der Waals surface area contributed by atoms with Gasteiger partial charge in [-0.25, -0.2) is 0 Å². The van der Waals surface area contributed by atoms with Crippen molar-refractivity contribution < 1.29 is 9.84 Å². The van der Waals surface area contributed by atoms with Crippen molar-refractivity contribution in [2.45, 2.75) is 56.4 Å². The van der Waals surface area contributed by atoms with E-state index in [1.807, 2.05) is 7.05 Å². The van der Waals surface area contributed by atoms with E-state index < -0.39 is 0 Å². The van der Waals surface area contributed by atoms with Crippen molar-refractivity contribution in [3.8, 4) is 0 Å². The smallest absolute Gasteiger partial charge is 0.0666 e. The third-order valence-corrected chi connectivity index (χ3v) is 5.29. The van der Waals surface area contributed by atoms with Gasteiger partial charge in [0.1, 0.15) is 0 Å². The minimum Gasteiger partial charge on any atom is -0.394 e. The zero-order valence-electron chi connectivity index (χ0n) is 11.4. The van der Waals surface area contributed by atoms with Crippen LogP contribution in [0, 0.1) is 0 Å². The highest BCUT2D eigenvalue weighted by molar-refractivity contribution is 7.99. The molecule has 1 aliphatic rings. The van der Waals surface area contributed by atoms with E-state index in [1.165, 1.54) is 25.0 Å². The number of thioether (sulfide) groups is 1. The SMILES string of the molecule is CNC(C)(CO)CCCCSC1CCOC1C. The molecule has 1 rings (SSSR count). The molecule has 0 saturated carbocycles. The molecule has 0 radical (unpaired) electrons. The predicted octanol–water partition coefficient (Wildman–Crippen LogP) is 2.04. The van der Waals surface area contributed by atoms with E-state index in [2.05, 4.69) is 30.9 Å². The van der Waals surface area contributed by atoms with Gasteiger partial charge in [-0.15, -0.1) is 0 Å². The van der Waals surface area contributed by atoms with Gasteiger partial charge in [-0.1, -0.05) is 6.42 Å². The van der Waals surface area contributed by atoms with Gasteiger partial charge in [0.05, 0.1) is 12.7 Å². The highest BCUT2D eigenvalue weighted by Crippen LogP contribution is 2.27. The van der Waals surface area contributed by atoms with Crippen molar-refractivity contribution in [2.24, 2.45) is 0 Å². The van der Waals surface area contributed by atoms with Crippen LogP contribution in [-0.2, 0) is 4.74 Å². The summed E-state index contributed by atoms with van der Waals surface area (Å²) < 4.78 is 5.55. The van der Waals surface area contributed by atoms with Gasteiger partial charge in [0.2, 0.25) is 0 Å². The van der Waals surface area contributed by atoms with E-state index in [9.17, 15) is 5.11 Å². The van der Waals surface area contributed by atoms with Crippen LogP contribution in [0.4, 0.5) is 0 Å². The average molecular weight is 261 g/mol. The second kappa shape index (κ2) is 7.62. The third kappa shape index (κ3) is 5.16. The lowest BCUT2D eigenvalue weighted by Gasteiger charge is -2.26. The Bertz CT molecular complexity index is 210. The van der Waals surface area contributed by atoms with Gasteiger partial charge >= 0.3 is 0 Å². The molecule has 0 amide bonds. The molecular formula is C13H27NO2S. The van der Waals surface area contributed by atoms with Crippen LogP contribution in [0.2, 0.25) is 0 Å². The second-order valence-corrected chi connectivity index (χ2v) is 6.55. The molecule has 0 aromatic heterocycles. The molecule has 2 N–H and O–H groups in total. The van der Waals surface area contributed by atoms with Gasteiger partial charge in [-0.2, -0.15) is 11.8 Å². The molecule has 0 aromatic carbocycles. The first-order valence-corrected chi connectivity index (χ1v) is 7.69. The van der Waals surface area contributed by atoms with E-state index in [0.717, 1.165) is 13.0 Å². The molecule has 102 valence electrons. The number of rotatable bonds is 8. The molecule has 17 heavy (non-hydrogen) atoms. The van der Waals surface area contributed by atoms with E-state index in [-0.39, 0.29) is 12.1 Å². The van der Waals surface area contributed by atoms with Crippen LogP contribution in [0.1, 0.15) is 39.5 Å². The number of ether oxygens (including phenoxy) is 1. The fourth-order valence-electron chi connectivity index (χ4n) is 2.07. The predicted molar refractivity (Wildman–Crippen MR) is 74.7 cm³/mol. The van der Waals surface area contributed by atoms with Crippen molar-refractivity contribution >= 4 is 11.8 Å². The summed E-state index contributed by atoms with van der Waals surface area (Å²) in [6.45, 7) is 5.40. The molecule has 1 saturated heterocycles. The Morgan fingerprint density at radius 3 is 2.76 bits per heavy atom. The first-order chi connectivity index (χ1) is 8.11. The molecule has 1 aliphatic heterocycles. The first-order valence-electron chi connectivity index (χ1n) is 6.64. The Labute approximate surface area is 110 Å². The van der Waals surface area contributed by atoms with Gasteiger partial charge in [0.25, 0.3) is 0 Å². The van der Waals surface area contributed by atoms with E-state index in [1.54, 1.807) is 0 Å². The van der Waals surface area contributed by atoms with Crippen LogP contribution in [0.25, 0.3) is 0 Å². The topological polar surface area (TPSA) is 41.5 Å². The van der Waals surface area contributed by atoms with Crippen molar-refractivity contribution in [3.63, 3.8) is 0 Å². The number of hydrogen-bond donors (Lipinski definition) is 2. The second-order valence-electron chi connectivity index (χ2n) is 5.20. The van der Waals surface area contributed by atoms with Crippen LogP contribution in [0.3, 0.4) is 0 Å². The molecule has 1 heterocycles. The van der Waals surface area contributed by atoms with E-state index in [0.29, 0.717) is 11.4 Å². The zero-order chi connectivity index (χ0) is 12.7. The molecular weight excluding hydrogens is 234 g/mol. The molecule has 0 aliphatic carbocycles. The van der Waals surface area contributed by atoms with E-state index in [4.69, 9.17) is 4.74 Å². The van der Waals surface area contributed by atoms with Crippen LogP contribution in [0.5, 0.6) is 0 Å². The molecule has 3 atom stereocenters. The lowest BCUT2D eigenvalue weighted by atomic mass is 9.96. The normalized spacial score (nSPS) is 28.2. The molecule has 3 nitrogen and oxygen atoms in total. The van der Waals surface area contributed by atoms with Crippen molar-refractivity contribution in [2.75, 3.05) is 26.0 Å². The summed E-state index contributed by atoms with van der Waals surface area (Å²) in [6.07, 6.45) is 5.08. The maximum Gasteiger partial charge on any atom is 0.0666 e. The standard InChI is InChI=1S/C13H27NO2S/c1-11-12(6-8-16-11)17-9-5-4-7-13(2,10-15)14-3/h11-12,14-15H,4-10H2,1-3H3. The molecule has 3 unspecified atom stereocenters. The van der Waals surface area contributed by atoms with Gasteiger partial charge in [0.15, 0.2) is 0 Å². The fraction of sp³-hybridized carbons (Fsp3) is 1.00. The van der Waals surface area contributed by atoms with Crippen molar-refractivity contribution in [1.29, 1.82) is 0 Å². The lowest BCUT2D eigenvalue weighted by molar-refractivity contribution is 0.127. The number of hydrogen-bond acceptors (Lipinski definition) is 4. The number of likely N-dealkylation sites (N-methyl/N-ethyl adjacent to an activating group) is 1. The largest absolute Gasteiger partial charge is 0.394 e. The Morgan fingerprint density at radius 1 is 1.47 bits per heavy atom. The van der Waals surface area contributed by atoms with Crippen LogP contribution >= 0.6 is 11.8 Å². The monoisotopic (exact) mass is 261 g/mol. The fourth-order valence-corrected chi connectivity index (χ4v) is 3.35. The van der Waals surface area contributed by atoms with Gasteiger partial charge in [-0.05, 0) is 45.9 Å². The summed E-state index contributed by atoms with van der Waals surface area (Å²) in [5, 5.41) is 13.2. The number of aliphatic hydroxyl groups is 1. The Morgan fingerprint density at radius 2 is 2.24 bits per heavy atom. The number of nitrogens with one attached hydrogen (secondary N) is 1. The molecule has 1 fully saturated rings. The van der Waals surface area contributed by atoms with Crippen molar-refractivity contribution in [1.82, 2.24) is 5.32 Å². The summed E-state index contributed by atoms with van der Waals surface area (Å²) in [7, 11) is 1.92. The Hall–Kier alpha value is 0.230. The molecule has 0 spiro atoms. The minimum atomic E-state index is -0.103. The first kappa shape index (κ1) is 15.3. The minimum absolute atomic E-state index is 0.103. The van der Waals surface area contributed by atoms with E-state index >= 15 is 0 Å². The zero-order valence-corrected chi connectivity index (χ0v) is 12.2. The summed E-state index contributed by atoms with van der Waals surface area (Å²) in [5.41, 5.74) is -0.103. The Kier molecular flexibility index (Phi) is 6.85. The maximum absolute atomic E-state index is 9.26. The number of aliphatic hydroxyl groups excluding tert-OH is 1. The quantitative estimate of drug-likeness (QED) is 0.656. The average Bonchev–Trinajstić information content (AvgIpc) is 2.74. The summed E-state index contributed by atoms with van der Waals surface area (Å²) in [5.74, 6) is 1.21. The number of unbranched alkanes of at least 4 members (excludes halogenated alkanes) is 1. The maximum atomic E-state index is 9.26. The van der Waals surface area contributed by atoms with Crippen molar-refractivity contribution in [3.05, 3.63) is 0 Å². The van der Waals surface area contributed by atoms with Crippen LogP contribution in [0.15, 0.2) is 0 Å². The third-order valence-electron chi connectivity index (χ3n) is 3.71. The van der Waals surface area contributed by atoms with Crippen LogP contribution in [-0.4, -0.2) is 48.0 Å². The van der Waals surface area contributed by atoms with Gasteiger partial charge in [-0.3, -0.25) is 0 Å². The lowest BCUT2D eigenvalue weighted by Crippen LogP contribution is -2.43. The molecule has 4 heteroatoms. The van der Waals surface area contributed by atoms with Gasteiger partial charge < -0.3 is 15.2 Å².